The van der Waals surface area contributed by atoms with Crippen molar-refractivity contribution in [2.75, 3.05) is 26.2 Å². The first-order valence-electron chi connectivity index (χ1n) is 13.0. The first-order valence-corrected chi connectivity index (χ1v) is 13.0. The van der Waals surface area contributed by atoms with Gasteiger partial charge < -0.3 is 9.80 Å². The maximum absolute atomic E-state index is 13.0. The Balaban J connectivity index is 0.860. The second kappa shape index (κ2) is 7.64. The van der Waals surface area contributed by atoms with Crippen LogP contribution in [0.25, 0.3) is 0 Å². The number of urea groups is 1. The average Bonchev–Trinajstić information content (AvgIpc) is 3.34. The highest BCUT2D eigenvalue weighted by molar-refractivity contribution is 5.77. The Bertz CT molecular complexity index is 1160. The van der Waals surface area contributed by atoms with Gasteiger partial charge in [0, 0.05) is 55.0 Å². The highest BCUT2D eigenvalue weighted by Crippen LogP contribution is 2.56. The van der Waals surface area contributed by atoms with Crippen LogP contribution >= 0.6 is 0 Å². The molecule has 11 heteroatoms. The number of H-pyrrole nitrogens is 1. The monoisotopic (exact) mass is 501 g/mol. The highest BCUT2D eigenvalue weighted by atomic mass is 19.4. The van der Waals surface area contributed by atoms with Crippen LogP contribution < -0.4 is 0 Å². The summed E-state index contributed by atoms with van der Waals surface area (Å²) in [6.45, 7) is 3.24. The highest BCUT2D eigenvalue weighted by Gasteiger charge is 2.57. The van der Waals surface area contributed by atoms with Gasteiger partial charge in [0.05, 0.1) is 11.9 Å². The number of likely N-dealkylation sites (tertiary alicyclic amines) is 2. The van der Waals surface area contributed by atoms with E-state index in [-0.39, 0.29) is 16.9 Å². The standard InChI is InChI=1S/C25H30F3N7O/c26-25(27,28)19-10-29-18(9-30-19)5-15-3-4-23(6-15)11-34(12-23)22(36)35-13-24(14-35)7-17(8-24)21-31-20(32-33-21)16-1-2-16/h9-10,15-17H,1-8,11-14H2,(H,31,32,33)/t15-/m0/s1. The van der Waals surface area contributed by atoms with Gasteiger partial charge >= 0.3 is 12.2 Å². The molecule has 0 radical (unpaired) electrons. The molecular formula is C25H30F3N7O. The summed E-state index contributed by atoms with van der Waals surface area (Å²) in [5.41, 5.74) is 0.0720. The van der Waals surface area contributed by atoms with Crippen LogP contribution in [0.4, 0.5) is 18.0 Å². The number of aromatic nitrogens is 5. The number of nitrogens with zero attached hydrogens (tertiary/aromatic N) is 6. The van der Waals surface area contributed by atoms with Crippen LogP contribution in [0.3, 0.4) is 0 Å². The SMILES string of the molecule is O=C(N1CC2(CC(c3n[nH]c(C4CC4)n3)C2)C1)N1CC2(CC[C@@H](Cc3cnc(C(F)(F)F)cn3)C2)C1. The van der Waals surface area contributed by atoms with Crippen molar-refractivity contribution >= 4 is 6.03 Å². The summed E-state index contributed by atoms with van der Waals surface area (Å²) in [6.07, 6.45) is 5.89. The molecule has 2 amide bonds. The van der Waals surface area contributed by atoms with E-state index in [4.69, 9.17) is 4.98 Å². The summed E-state index contributed by atoms with van der Waals surface area (Å²) in [4.78, 5) is 29.2. The van der Waals surface area contributed by atoms with Crippen LogP contribution in [0.1, 0.15) is 79.8 Å². The molecule has 0 bridgehead atoms. The molecule has 4 heterocycles. The molecule has 3 saturated carbocycles. The van der Waals surface area contributed by atoms with Gasteiger partial charge in [-0.2, -0.15) is 18.3 Å². The Hall–Kier alpha value is -2.72. The van der Waals surface area contributed by atoms with Crippen molar-refractivity contribution < 1.29 is 18.0 Å². The predicted octanol–water partition coefficient (Wildman–Crippen LogP) is 4.14. The van der Waals surface area contributed by atoms with Gasteiger partial charge in [-0.25, -0.2) is 14.8 Å². The van der Waals surface area contributed by atoms with Crippen molar-refractivity contribution in [1.82, 2.24) is 34.9 Å². The molecule has 2 aliphatic heterocycles. The molecule has 0 unspecified atom stereocenters. The zero-order valence-corrected chi connectivity index (χ0v) is 20.1. The number of alkyl halides is 3. The molecule has 3 aliphatic carbocycles. The topological polar surface area (TPSA) is 90.9 Å². The zero-order valence-electron chi connectivity index (χ0n) is 20.1. The normalized spacial score (nSPS) is 26.7. The summed E-state index contributed by atoms with van der Waals surface area (Å²) >= 11 is 0. The molecule has 2 spiro atoms. The number of hydrogen-bond acceptors (Lipinski definition) is 5. The lowest BCUT2D eigenvalue weighted by molar-refractivity contribution is -0.141. The lowest BCUT2D eigenvalue weighted by Gasteiger charge is -2.60. The minimum atomic E-state index is -4.46. The van der Waals surface area contributed by atoms with E-state index in [9.17, 15) is 18.0 Å². The van der Waals surface area contributed by atoms with E-state index in [2.05, 4.69) is 20.2 Å². The fourth-order valence-corrected chi connectivity index (χ4v) is 7.12. The predicted molar refractivity (Wildman–Crippen MR) is 122 cm³/mol. The van der Waals surface area contributed by atoms with Gasteiger partial charge in [0.1, 0.15) is 5.82 Å². The minimum absolute atomic E-state index is 0.153. The summed E-state index contributed by atoms with van der Waals surface area (Å²) < 4.78 is 38.1. The van der Waals surface area contributed by atoms with Gasteiger partial charge in [0.15, 0.2) is 11.5 Å². The molecule has 7 rings (SSSR count). The molecule has 0 aromatic carbocycles. The van der Waals surface area contributed by atoms with Crippen LogP contribution in [0.2, 0.25) is 0 Å². The van der Waals surface area contributed by atoms with Gasteiger partial charge in [-0.05, 0) is 57.3 Å². The van der Waals surface area contributed by atoms with E-state index < -0.39 is 11.9 Å². The molecule has 36 heavy (non-hydrogen) atoms. The number of aromatic amines is 1. The van der Waals surface area contributed by atoms with E-state index >= 15 is 0 Å². The van der Waals surface area contributed by atoms with E-state index in [1.165, 1.54) is 19.0 Å². The van der Waals surface area contributed by atoms with Gasteiger partial charge in [-0.15, -0.1) is 0 Å². The largest absolute Gasteiger partial charge is 0.434 e. The first kappa shape index (κ1) is 22.5. The van der Waals surface area contributed by atoms with Crippen LogP contribution in [0, 0.1) is 16.7 Å². The van der Waals surface area contributed by atoms with E-state index in [0.717, 1.165) is 76.1 Å². The van der Waals surface area contributed by atoms with E-state index in [1.54, 1.807) is 0 Å². The third-order valence-electron chi connectivity index (χ3n) is 9.15. The van der Waals surface area contributed by atoms with Crippen molar-refractivity contribution in [2.45, 2.75) is 69.4 Å². The van der Waals surface area contributed by atoms with Crippen molar-refractivity contribution in [3.63, 3.8) is 0 Å². The molecule has 2 saturated heterocycles. The summed E-state index contributed by atoms with van der Waals surface area (Å²) in [5, 5.41) is 7.54. The maximum Gasteiger partial charge on any atom is 0.434 e. The van der Waals surface area contributed by atoms with Gasteiger partial charge in [-0.3, -0.25) is 10.1 Å². The lowest BCUT2D eigenvalue weighted by Crippen LogP contribution is -2.69. The minimum Gasteiger partial charge on any atom is -0.323 e. The zero-order chi connectivity index (χ0) is 24.7. The third-order valence-corrected chi connectivity index (χ3v) is 9.15. The Morgan fingerprint density at radius 2 is 1.69 bits per heavy atom. The summed E-state index contributed by atoms with van der Waals surface area (Å²) in [5.74, 6) is 3.39. The summed E-state index contributed by atoms with van der Waals surface area (Å²) in [6, 6.07) is 0.153. The third kappa shape index (κ3) is 3.85. The van der Waals surface area contributed by atoms with Gasteiger partial charge in [0.2, 0.25) is 0 Å². The number of hydrogen-bond donors (Lipinski definition) is 1. The molecule has 192 valence electrons. The molecular weight excluding hydrogens is 471 g/mol. The smallest absolute Gasteiger partial charge is 0.323 e. The molecule has 5 aliphatic rings. The Labute approximate surface area is 207 Å². The quantitative estimate of drug-likeness (QED) is 0.680. The molecule has 8 nitrogen and oxygen atoms in total. The maximum atomic E-state index is 13.0. The second-order valence-corrected chi connectivity index (χ2v) is 12.2. The Morgan fingerprint density at radius 3 is 2.33 bits per heavy atom. The van der Waals surface area contributed by atoms with Gasteiger partial charge in [0.25, 0.3) is 0 Å². The molecule has 1 atom stereocenters. The summed E-state index contributed by atoms with van der Waals surface area (Å²) in [7, 11) is 0. The number of carbonyl (C=O) groups is 1. The average molecular weight is 502 g/mol. The van der Waals surface area contributed by atoms with Crippen LogP contribution in [0.15, 0.2) is 12.4 Å². The fraction of sp³-hybridized carbons (Fsp3) is 0.720. The number of nitrogens with one attached hydrogen (secondary N) is 1. The molecule has 2 aromatic rings. The molecule has 2 aromatic heterocycles. The Morgan fingerprint density at radius 1 is 0.972 bits per heavy atom. The van der Waals surface area contributed by atoms with Gasteiger partial charge in [-0.1, -0.05) is 0 Å². The van der Waals surface area contributed by atoms with Crippen molar-refractivity contribution in [1.29, 1.82) is 0 Å². The van der Waals surface area contributed by atoms with E-state index in [1.807, 2.05) is 9.80 Å². The lowest BCUT2D eigenvalue weighted by atomic mass is 9.57. The number of rotatable bonds is 4. The Kier molecular flexibility index (Phi) is 4.77. The molecule has 1 N–H and O–H groups in total. The fourth-order valence-electron chi connectivity index (χ4n) is 7.12. The van der Waals surface area contributed by atoms with Crippen molar-refractivity contribution in [3.8, 4) is 0 Å². The first-order chi connectivity index (χ1) is 17.2. The second-order valence-electron chi connectivity index (χ2n) is 12.2. The number of amides is 2. The van der Waals surface area contributed by atoms with Crippen LogP contribution in [-0.2, 0) is 12.6 Å². The number of halogens is 3. The van der Waals surface area contributed by atoms with Crippen molar-refractivity contribution in [3.05, 3.63) is 35.4 Å². The molecule has 5 fully saturated rings. The van der Waals surface area contributed by atoms with Crippen molar-refractivity contribution in [2.24, 2.45) is 16.7 Å². The number of carbonyl (C=O) groups excluding carboxylic acids is 1. The van der Waals surface area contributed by atoms with E-state index in [0.29, 0.717) is 29.9 Å². The van der Waals surface area contributed by atoms with Crippen LogP contribution in [-0.4, -0.2) is 67.2 Å². The van der Waals surface area contributed by atoms with Crippen LogP contribution in [0.5, 0.6) is 0 Å².